The van der Waals surface area contributed by atoms with E-state index in [-0.39, 0.29) is 45.3 Å². The van der Waals surface area contributed by atoms with E-state index in [1.165, 1.54) is 0 Å². The normalized spacial score (nSPS) is 9.56. The summed E-state index contributed by atoms with van der Waals surface area (Å²) < 4.78 is -0.256. The number of halogens is 1. The molecule has 0 aliphatic heterocycles. The molecule has 4 N–H and O–H groups in total. The predicted octanol–water partition coefficient (Wildman–Crippen LogP) is 0.141. The Morgan fingerprint density at radius 1 is 1.00 bits per heavy atom. The number of nitrogens with zero attached hydrogens (tertiary/aromatic N) is 5. The lowest BCUT2D eigenvalue weighted by Gasteiger charge is -2.22. The van der Waals surface area contributed by atoms with Gasteiger partial charge in [-0.05, 0) is 0 Å². The van der Waals surface area contributed by atoms with E-state index < -0.39 is 0 Å². The molecule has 0 bridgehead atoms. The summed E-state index contributed by atoms with van der Waals surface area (Å²) >= 11 is 0. The molecule has 92 valence electrons. The summed E-state index contributed by atoms with van der Waals surface area (Å²) in [6.07, 6.45) is 0. The van der Waals surface area contributed by atoms with Gasteiger partial charge < -0.3 is 5.73 Å². The van der Waals surface area contributed by atoms with Crippen LogP contribution in [0.2, 0.25) is 0 Å². The fourth-order valence-corrected chi connectivity index (χ4v) is 1.34. The third kappa shape index (κ3) is 2.48. The number of hydrogen-bond donors (Lipinski definition) is 2. The van der Waals surface area contributed by atoms with E-state index in [9.17, 15) is 0 Å². The van der Waals surface area contributed by atoms with Gasteiger partial charge in [0, 0.05) is 0 Å². The van der Waals surface area contributed by atoms with Gasteiger partial charge in [0.1, 0.15) is 29.6 Å². The van der Waals surface area contributed by atoms with Crippen molar-refractivity contribution < 1.29 is 0 Å². The number of nitrogens with two attached hydrogens (primary N) is 2. The quantitative estimate of drug-likeness (QED) is 0.420. The first-order valence-electron chi connectivity index (χ1n) is 4.53. The average Bonchev–Trinajstić information content (AvgIpc) is 2.26. The molecule has 0 aromatic carbocycles. The van der Waals surface area contributed by atoms with Gasteiger partial charge in [0.05, 0.1) is 19.7 Å². The van der Waals surface area contributed by atoms with Gasteiger partial charge in [0.2, 0.25) is 0 Å². The van der Waals surface area contributed by atoms with Crippen molar-refractivity contribution in [2.24, 2.45) is 5.84 Å². The first kappa shape index (κ1) is 15.6. The summed E-state index contributed by atoms with van der Waals surface area (Å²) in [5.41, 5.74) is 5.36. The predicted molar refractivity (Wildman–Crippen MR) is 67.9 cm³/mol. The first-order chi connectivity index (χ1) is 7.86. The molecule has 0 saturated carbocycles. The Bertz CT molecular complexity index is 595. The molecule has 8 heteroatoms. The van der Waals surface area contributed by atoms with Crippen molar-refractivity contribution in [1.29, 1.82) is 15.8 Å². The first-order valence-corrected chi connectivity index (χ1v) is 4.53. The lowest BCUT2D eigenvalue weighted by atomic mass is 10.0. The van der Waals surface area contributed by atoms with E-state index in [0.29, 0.717) is 0 Å². The summed E-state index contributed by atoms with van der Waals surface area (Å²) in [7, 11) is 3.16. The second kappa shape index (κ2) is 5.31. The molecule has 0 atom stereocenters. The topological polar surface area (TPSA) is 136 Å². The van der Waals surface area contributed by atoms with Crippen molar-refractivity contribution in [2.45, 2.75) is 0 Å². The van der Waals surface area contributed by atoms with E-state index >= 15 is 0 Å². The molecular weight excluding hydrogens is 254 g/mol. The average molecular weight is 265 g/mol. The van der Waals surface area contributed by atoms with Gasteiger partial charge in [-0.25, -0.2) is 4.59 Å². The number of nitrogen functional groups attached to an aromatic ring is 1. The zero-order valence-corrected chi connectivity index (χ0v) is 10.6. The molecule has 1 rings (SSSR count). The van der Waals surface area contributed by atoms with Crippen molar-refractivity contribution in [1.82, 2.24) is 9.58 Å². The Labute approximate surface area is 110 Å². The van der Waals surface area contributed by atoms with Gasteiger partial charge in [-0.3, -0.25) is 0 Å². The van der Waals surface area contributed by atoms with E-state index in [1.54, 1.807) is 26.2 Å². The molecule has 0 fully saturated rings. The molecule has 0 amide bonds. The van der Waals surface area contributed by atoms with Gasteiger partial charge in [0.25, 0.3) is 5.82 Å². The summed E-state index contributed by atoms with van der Waals surface area (Å²) in [5.74, 6) is 5.84. The van der Waals surface area contributed by atoms with Crippen LogP contribution >= 0.6 is 12.4 Å². The van der Waals surface area contributed by atoms with Crippen LogP contribution in [0.4, 0.5) is 11.6 Å². The molecule has 0 aliphatic carbocycles. The molecule has 1 heterocycles. The maximum atomic E-state index is 9.05. The zero-order chi connectivity index (χ0) is 13.2. The SMILES string of the molecule is C[N+](C)(N)c1nc(N)c(C#N)c(C#N)c1C#N.Cl. The van der Waals surface area contributed by atoms with Crippen LogP contribution in [0.25, 0.3) is 0 Å². The Balaban J connectivity index is 0.00000289. The summed E-state index contributed by atoms with van der Waals surface area (Å²) in [6, 6.07) is 5.38. The van der Waals surface area contributed by atoms with Gasteiger partial charge in [-0.2, -0.15) is 26.6 Å². The number of anilines is 1. The van der Waals surface area contributed by atoms with Crippen LogP contribution in [0.1, 0.15) is 16.7 Å². The Morgan fingerprint density at radius 2 is 1.44 bits per heavy atom. The highest BCUT2D eigenvalue weighted by Gasteiger charge is 2.28. The number of hydrogen-bond acceptors (Lipinski definition) is 6. The molecular formula is C10H11ClN7+. The summed E-state index contributed by atoms with van der Waals surface area (Å²) in [4.78, 5) is 3.92. The third-order valence-electron chi connectivity index (χ3n) is 2.09. The van der Waals surface area contributed by atoms with Crippen molar-refractivity contribution >= 4 is 24.0 Å². The highest BCUT2D eigenvalue weighted by molar-refractivity contribution is 5.85. The largest absolute Gasteiger partial charge is 0.382 e. The van der Waals surface area contributed by atoms with E-state index in [2.05, 4.69) is 4.98 Å². The molecule has 0 saturated heterocycles. The molecule has 0 aliphatic rings. The molecule has 0 radical (unpaired) electrons. The van der Waals surface area contributed by atoms with Crippen LogP contribution in [0.15, 0.2) is 0 Å². The smallest absolute Gasteiger partial charge is 0.268 e. The minimum atomic E-state index is -0.256. The van der Waals surface area contributed by atoms with Crippen LogP contribution in [-0.2, 0) is 0 Å². The van der Waals surface area contributed by atoms with E-state index in [1.807, 2.05) is 6.07 Å². The minimum Gasteiger partial charge on any atom is -0.382 e. The number of pyridine rings is 1. The molecule has 0 unspecified atom stereocenters. The van der Waals surface area contributed by atoms with Crippen LogP contribution in [-0.4, -0.2) is 19.1 Å². The van der Waals surface area contributed by atoms with Crippen molar-refractivity contribution in [3.8, 4) is 18.2 Å². The third-order valence-corrected chi connectivity index (χ3v) is 2.09. The zero-order valence-electron chi connectivity index (χ0n) is 9.80. The number of quaternary nitrogens is 1. The molecule has 0 spiro atoms. The standard InChI is InChI=1S/C10H10N7.ClH/c1-17(2,15)10-8(5-13)6(3-11)7(4-12)9(14)16-10;/h15H2,1-2H3,(H2,14,16);1H/q+1;. The highest BCUT2D eigenvalue weighted by Crippen LogP contribution is 2.27. The van der Waals surface area contributed by atoms with Gasteiger partial charge in [-0.15, -0.1) is 12.4 Å². The molecule has 7 nitrogen and oxygen atoms in total. The van der Waals surface area contributed by atoms with E-state index in [0.717, 1.165) is 0 Å². The molecule has 1 aromatic heterocycles. The number of rotatable bonds is 1. The second-order valence-electron chi connectivity index (χ2n) is 3.82. The minimum absolute atomic E-state index is 0. The number of nitriles is 3. The fourth-order valence-electron chi connectivity index (χ4n) is 1.34. The van der Waals surface area contributed by atoms with Gasteiger partial charge >= 0.3 is 0 Å². The fraction of sp³-hybridized carbons (Fsp3) is 0.200. The maximum Gasteiger partial charge on any atom is 0.268 e. The summed E-state index contributed by atoms with van der Waals surface area (Å²) in [5, 5.41) is 26.9. The van der Waals surface area contributed by atoms with Crippen LogP contribution in [0, 0.1) is 34.0 Å². The Hall–Kier alpha value is -2.37. The van der Waals surface area contributed by atoms with Crippen molar-refractivity contribution in [3.63, 3.8) is 0 Å². The Morgan fingerprint density at radius 3 is 1.78 bits per heavy atom. The molecule has 18 heavy (non-hydrogen) atoms. The Kier molecular flexibility index (Phi) is 4.61. The van der Waals surface area contributed by atoms with Crippen LogP contribution < -0.4 is 16.2 Å². The summed E-state index contributed by atoms with van der Waals surface area (Å²) in [6.45, 7) is 0. The van der Waals surface area contributed by atoms with Gasteiger partial charge in [0.15, 0.2) is 5.56 Å². The monoisotopic (exact) mass is 264 g/mol. The lowest BCUT2D eigenvalue weighted by molar-refractivity contribution is 0.407. The van der Waals surface area contributed by atoms with Crippen molar-refractivity contribution in [2.75, 3.05) is 19.8 Å². The maximum absolute atomic E-state index is 9.05. The van der Waals surface area contributed by atoms with Crippen LogP contribution in [0.5, 0.6) is 0 Å². The van der Waals surface area contributed by atoms with Crippen molar-refractivity contribution in [3.05, 3.63) is 16.7 Å². The lowest BCUT2D eigenvalue weighted by Crippen LogP contribution is -2.49. The highest BCUT2D eigenvalue weighted by atomic mass is 35.5. The number of aromatic nitrogens is 1. The van der Waals surface area contributed by atoms with E-state index in [4.69, 9.17) is 27.4 Å². The second-order valence-corrected chi connectivity index (χ2v) is 3.82. The van der Waals surface area contributed by atoms with Gasteiger partial charge in [-0.1, -0.05) is 0 Å². The molecule has 1 aromatic rings. The van der Waals surface area contributed by atoms with Crippen LogP contribution in [0.3, 0.4) is 0 Å².